The van der Waals surface area contributed by atoms with Crippen molar-refractivity contribution in [3.05, 3.63) is 11.8 Å². The lowest BCUT2D eigenvalue weighted by Crippen LogP contribution is -2.17. The first kappa shape index (κ1) is 5.73. The van der Waals surface area contributed by atoms with Crippen LogP contribution < -0.4 is 4.89 Å². The molecular weight excluding hydrogens is 132 g/mol. The standard InChI is InChI=1S/C6H8N2O2/c1-5-4-7-8-2-3-9-10-6(5)8/h4H,2-3H2,1H3. The Kier molecular flexibility index (Phi) is 1.14. The lowest BCUT2D eigenvalue weighted by Gasteiger charge is -2.13. The SMILES string of the molecule is Cc1cnn2c1OOCC2. The molecule has 0 atom stereocenters. The Balaban J connectivity index is 2.45. The van der Waals surface area contributed by atoms with Crippen LogP contribution in [0.1, 0.15) is 5.56 Å². The molecule has 4 nitrogen and oxygen atoms in total. The molecule has 1 aromatic rings. The van der Waals surface area contributed by atoms with E-state index in [2.05, 4.69) is 5.10 Å². The highest BCUT2D eigenvalue weighted by molar-refractivity contribution is 5.21. The molecule has 0 amide bonds. The van der Waals surface area contributed by atoms with Crippen LogP contribution in [0.4, 0.5) is 0 Å². The van der Waals surface area contributed by atoms with Gasteiger partial charge in [-0.1, -0.05) is 0 Å². The van der Waals surface area contributed by atoms with E-state index in [1.807, 2.05) is 6.92 Å². The molecule has 0 radical (unpaired) electrons. The molecule has 2 heterocycles. The zero-order valence-electron chi connectivity index (χ0n) is 5.70. The molecule has 0 spiro atoms. The van der Waals surface area contributed by atoms with Crippen molar-refractivity contribution in [3.63, 3.8) is 0 Å². The largest absolute Gasteiger partial charge is 0.317 e. The Hall–Kier alpha value is -1.03. The molecule has 0 aliphatic carbocycles. The topological polar surface area (TPSA) is 36.3 Å². The van der Waals surface area contributed by atoms with Gasteiger partial charge in [-0.2, -0.15) is 9.99 Å². The molecule has 0 bridgehead atoms. The average Bonchev–Trinajstić information content (AvgIpc) is 2.34. The minimum absolute atomic E-state index is 0.578. The summed E-state index contributed by atoms with van der Waals surface area (Å²) < 4.78 is 1.79. The molecule has 10 heavy (non-hydrogen) atoms. The van der Waals surface area contributed by atoms with Crippen molar-refractivity contribution >= 4 is 0 Å². The molecule has 1 aliphatic heterocycles. The van der Waals surface area contributed by atoms with E-state index in [0.717, 1.165) is 18.0 Å². The monoisotopic (exact) mass is 140 g/mol. The molecule has 0 saturated heterocycles. The van der Waals surface area contributed by atoms with Crippen molar-refractivity contribution in [2.24, 2.45) is 0 Å². The number of hydrogen-bond acceptors (Lipinski definition) is 3. The van der Waals surface area contributed by atoms with E-state index in [4.69, 9.17) is 9.78 Å². The van der Waals surface area contributed by atoms with E-state index in [1.54, 1.807) is 10.9 Å². The van der Waals surface area contributed by atoms with Crippen LogP contribution in [0, 0.1) is 6.92 Å². The lowest BCUT2D eigenvalue weighted by molar-refractivity contribution is -0.230. The molecule has 1 aliphatic rings. The van der Waals surface area contributed by atoms with Crippen LogP contribution in [-0.4, -0.2) is 16.4 Å². The summed E-state index contributed by atoms with van der Waals surface area (Å²) in [5.74, 6) is 0.728. The zero-order chi connectivity index (χ0) is 6.97. The van der Waals surface area contributed by atoms with Gasteiger partial charge in [-0.3, -0.25) is 0 Å². The number of nitrogens with zero attached hydrogens (tertiary/aromatic N) is 2. The Morgan fingerprint density at radius 1 is 1.70 bits per heavy atom. The third-order valence-electron chi connectivity index (χ3n) is 1.49. The summed E-state index contributed by atoms with van der Waals surface area (Å²) >= 11 is 0. The summed E-state index contributed by atoms with van der Waals surface area (Å²) in [7, 11) is 0. The molecule has 0 aromatic carbocycles. The van der Waals surface area contributed by atoms with Crippen LogP contribution >= 0.6 is 0 Å². The van der Waals surface area contributed by atoms with Crippen LogP contribution in [0.3, 0.4) is 0 Å². The summed E-state index contributed by atoms with van der Waals surface area (Å²) in [6.45, 7) is 3.30. The van der Waals surface area contributed by atoms with Gasteiger partial charge >= 0.3 is 0 Å². The van der Waals surface area contributed by atoms with Crippen LogP contribution in [0.2, 0.25) is 0 Å². The molecule has 0 unspecified atom stereocenters. The highest BCUT2D eigenvalue weighted by atomic mass is 17.2. The van der Waals surface area contributed by atoms with Crippen molar-refractivity contribution in [1.82, 2.24) is 9.78 Å². The number of hydrogen-bond donors (Lipinski definition) is 0. The molecule has 0 saturated carbocycles. The van der Waals surface area contributed by atoms with E-state index in [0.29, 0.717) is 6.61 Å². The van der Waals surface area contributed by atoms with Crippen molar-refractivity contribution in [3.8, 4) is 5.88 Å². The van der Waals surface area contributed by atoms with E-state index >= 15 is 0 Å². The average molecular weight is 140 g/mol. The minimum Gasteiger partial charge on any atom is -0.317 e. The molecule has 0 N–H and O–H groups in total. The summed E-state index contributed by atoms with van der Waals surface area (Å²) in [5.41, 5.74) is 1.01. The van der Waals surface area contributed by atoms with Crippen molar-refractivity contribution in [1.29, 1.82) is 0 Å². The summed E-state index contributed by atoms with van der Waals surface area (Å²) in [6.07, 6.45) is 1.77. The fourth-order valence-corrected chi connectivity index (χ4v) is 0.957. The fraction of sp³-hybridized carbons (Fsp3) is 0.500. The first-order valence-electron chi connectivity index (χ1n) is 3.20. The van der Waals surface area contributed by atoms with E-state index in [1.165, 1.54) is 0 Å². The van der Waals surface area contributed by atoms with Gasteiger partial charge in [-0.05, 0) is 6.92 Å². The summed E-state index contributed by atoms with van der Waals surface area (Å²) in [6, 6.07) is 0. The van der Waals surface area contributed by atoms with Crippen LogP contribution in [0.5, 0.6) is 5.88 Å². The lowest BCUT2D eigenvalue weighted by atomic mass is 10.4. The first-order chi connectivity index (χ1) is 4.88. The third-order valence-corrected chi connectivity index (χ3v) is 1.49. The zero-order valence-corrected chi connectivity index (χ0v) is 5.70. The maximum Gasteiger partial charge on any atom is 0.257 e. The second kappa shape index (κ2) is 1.98. The highest BCUT2D eigenvalue weighted by Gasteiger charge is 2.13. The second-order valence-electron chi connectivity index (χ2n) is 2.26. The molecule has 1 aromatic heterocycles. The molecular formula is C6H8N2O2. The smallest absolute Gasteiger partial charge is 0.257 e. The number of rotatable bonds is 0. The van der Waals surface area contributed by atoms with E-state index in [9.17, 15) is 0 Å². The summed E-state index contributed by atoms with van der Waals surface area (Å²) in [4.78, 5) is 9.67. The summed E-state index contributed by atoms with van der Waals surface area (Å²) in [5, 5.41) is 4.07. The second-order valence-corrected chi connectivity index (χ2v) is 2.26. The fourth-order valence-electron chi connectivity index (χ4n) is 0.957. The minimum atomic E-state index is 0.578. The van der Waals surface area contributed by atoms with Gasteiger partial charge in [-0.15, -0.1) is 0 Å². The van der Waals surface area contributed by atoms with Crippen LogP contribution in [0.15, 0.2) is 6.20 Å². The molecule has 0 fully saturated rings. The van der Waals surface area contributed by atoms with Gasteiger partial charge in [0.1, 0.15) is 6.61 Å². The van der Waals surface area contributed by atoms with Crippen molar-refractivity contribution in [2.75, 3.05) is 6.61 Å². The van der Waals surface area contributed by atoms with E-state index < -0.39 is 0 Å². The van der Waals surface area contributed by atoms with Gasteiger partial charge < -0.3 is 4.89 Å². The maximum absolute atomic E-state index is 4.89. The number of aromatic nitrogens is 2. The Morgan fingerprint density at radius 2 is 2.60 bits per heavy atom. The Morgan fingerprint density at radius 3 is 3.40 bits per heavy atom. The van der Waals surface area contributed by atoms with Crippen LogP contribution in [-0.2, 0) is 11.4 Å². The molecule has 54 valence electrons. The predicted molar refractivity (Wildman–Crippen MR) is 33.5 cm³/mol. The molecule has 2 rings (SSSR count). The normalized spacial score (nSPS) is 16.1. The van der Waals surface area contributed by atoms with Gasteiger partial charge in [0.25, 0.3) is 5.88 Å². The van der Waals surface area contributed by atoms with E-state index in [-0.39, 0.29) is 0 Å². The third kappa shape index (κ3) is 0.690. The molecule has 4 heteroatoms. The number of fused-ring (bicyclic) bond motifs is 1. The Bertz CT molecular complexity index is 244. The van der Waals surface area contributed by atoms with Gasteiger partial charge in [0.15, 0.2) is 0 Å². The van der Waals surface area contributed by atoms with Crippen molar-refractivity contribution < 1.29 is 9.78 Å². The van der Waals surface area contributed by atoms with Gasteiger partial charge in [0, 0.05) is 5.56 Å². The van der Waals surface area contributed by atoms with Crippen molar-refractivity contribution in [2.45, 2.75) is 13.5 Å². The van der Waals surface area contributed by atoms with Gasteiger partial charge in [0.2, 0.25) is 0 Å². The maximum atomic E-state index is 4.89. The first-order valence-corrected chi connectivity index (χ1v) is 3.20. The predicted octanol–water partition coefficient (Wildman–Crippen LogP) is 0.516. The van der Waals surface area contributed by atoms with Crippen LogP contribution in [0.25, 0.3) is 0 Å². The Labute approximate surface area is 58.3 Å². The highest BCUT2D eigenvalue weighted by Crippen LogP contribution is 2.19. The van der Waals surface area contributed by atoms with Gasteiger partial charge in [0.05, 0.1) is 12.7 Å². The van der Waals surface area contributed by atoms with Gasteiger partial charge in [-0.25, -0.2) is 4.68 Å². The number of aryl methyl sites for hydroxylation is 1. The quantitative estimate of drug-likeness (QED) is 0.493.